The maximum Gasteiger partial charge on any atom is 0.231 e. The fourth-order valence-electron chi connectivity index (χ4n) is 1.62. The lowest BCUT2D eigenvalue weighted by molar-refractivity contribution is 0.603. The summed E-state index contributed by atoms with van der Waals surface area (Å²) in [5, 5.41) is 14.3. The van der Waals surface area contributed by atoms with Gasteiger partial charge < -0.3 is 22.2 Å². The zero-order valence-electron chi connectivity index (χ0n) is 10.6. The van der Waals surface area contributed by atoms with Gasteiger partial charge in [0, 0.05) is 19.0 Å². The van der Waals surface area contributed by atoms with E-state index < -0.39 is 0 Å². The summed E-state index contributed by atoms with van der Waals surface area (Å²) >= 11 is 0. The largest absolute Gasteiger partial charge is 0.383 e. The van der Waals surface area contributed by atoms with Crippen molar-refractivity contribution >= 4 is 29.5 Å². The molecule has 0 saturated carbocycles. The first-order valence-corrected chi connectivity index (χ1v) is 5.87. The van der Waals surface area contributed by atoms with Crippen LogP contribution in [0.5, 0.6) is 0 Å². The molecular formula is C11H16N8. The summed E-state index contributed by atoms with van der Waals surface area (Å²) in [5.41, 5.74) is 12.5. The number of hydrogen-bond donors (Lipinski definition) is 4. The van der Waals surface area contributed by atoms with Crippen LogP contribution in [-0.4, -0.2) is 26.0 Å². The molecule has 0 saturated heterocycles. The second kappa shape index (κ2) is 5.34. The van der Waals surface area contributed by atoms with Gasteiger partial charge in [-0.3, -0.25) is 4.68 Å². The van der Waals surface area contributed by atoms with E-state index in [2.05, 4.69) is 27.3 Å². The molecule has 100 valence electrons. The van der Waals surface area contributed by atoms with E-state index in [9.17, 15) is 0 Å². The molecule has 8 heteroatoms. The molecular weight excluding hydrogens is 244 g/mol. The lowest BCUT2D eigenvalue weighted by Crippen LogP contribution is -2.08. The molecule has 0 aliphatic carbocycles. The monoisotopic (exact) mass is 260 g/mol. The van der Waals surface area contributed by atoms with Gasteiger partial charge in [0.1, 0.15) is 11.6 Å². The highest BCUT2D eigenvalue weighted by atomic mass is 15.3. The van der Waals surface area contributed by atoms with Gasteiger partial charge in [0.2, 0.25) is 5.95 Å². The van der Waals surface area contributed by atoms with Crippen LogP contribution in [0.2, 0.25) is 0 Å². The molecule has 0 bridgehead atoms. The standard InChI is InChI=1S/C11H16N8/c1-2-3-19-6-7(5-15-19)16-11-17-9(13)8(4-12)10(14)18-11/h4-6,12H,2-3H2,1H3,(H5,13,14,16,17,18). The van der Waals surface area contributed by atoms with Crippen LogP contribution in [0.4, 0.5) is 23.3 Å². The number of aryl methyl sites for hydroxylation is 1. The van der Waals surface area contributed by atoms with Crippen LogP contribution in [0.1, 0.15) is 18.9 Å². The Morgan fingerprint density at radius 3 is 2.63 bits per heavy atom. The van der Waals surface area contributed by atoms with Crippen molar-refractivity contribution in [1.82, 2.24) is 19.7 Å². The lowest BCUT2D eigenvalue weighted by atomic mass is 10.3. The average Bonchev–Trinajstić information content (AvgIpc) is 2.77. The molecule has 0 spiro atoms. The predicted molar refractivity (Wildman–Crippen MR) is 74.5 cm³/mol. The number of hydrogen-bond acceptors (Lipinski definition) is 7. The molecule has 2 aromatic heterocycles. The summed E-state index contributed by atoms with van der Waals surface area (Å²) in [6.45, 7) is 2.93. The molecule has 0 fully saturated rings. The minimum Gasteiger partial charge on any atom is -0.383 e. The Hall–Kier alpha value is -2.64. The first-order valence-electron chi connectivity index (χ1n) is 5.87. The van der Waals surface area contributed by atoms with Gasteiger partial charge in [-0.2, -0.15) is 15.1 Å². The number of nitrogens with two attached hydrogens (primary N) is 2. The fourth-order valence-corrected chi connectivity index (χ4v) is 1.62. The summed E-state index contributed by atoms with van der Waals surface area (Å²) in [6, 6.07) is 0. The Kier molecular flexibility index (Phi) is 3.60. The summed E-state index contributed by atoms with van der Waals surface area (Å²) in [5.74, 6) is 0.633. The normalized spacial score (nSPS) is 10.4. The first-order chi connectivity index (χ1) is 9.13. The topological polar surface area (TPSA) is 132 Å². The Morgan fingerprint density at radius 2 is 2.05 bits per heavy atom. The van der Waals surface area contributed by atoms with Crippen molar-refractivity contribution in [3.63, 3.8) is 0 Å². The van der Waals surface area contributed by atoms with Crippen LogP contribution < -0.4 is 16.8 Å². The third-order valence-corrected chi connectivity index (χ3v) is 2.49. The summed E-state index contributed by atoms with van der Waals surface area (Å²) < 4.78 is 1.82. The zero-order chi connectivity index (χ0) is 13.8. The predicted octanol–water partition coefficient (Wildman–Crippen LogP) is 0.989. The number of aromatic nitrogens is 4. The first kappa shape index (κ1) is 12.8. The summed E-state index contributed by atoms with van der Waals surface area (Å²) in [7, 11) is 0. The Balaban J connectivity index is 2.20. The van der Waals surface area contributed by atoms with Gasteiger partial charge in [0.25, 0.3) is 0 Å². The van der Waals surface area contributed by atoms with Crippen LogP contribution in [0.15, 0.2) is 12.4 Å². The lowest BCUT2D eigenvalue weighted by Gasteiger charge is -2.06. The quantitative estimate of drug-likeness (QED) is 0.593. The Morgan fingerprint density at radius 1 is 1.37 bits per heavy atom. The molecule has 0 aliphatic heterocycles. The molecule has 6 N–H and O–H groups in total. The van der Waals surface area contributed by atoms with E-state index in [4.69, 9.17) is 16.9 Å². The molecule has 0 atom stereocenters. The second-order valence-electron chi connectivity index (χ2n) is 3.99. The van der Waals surface area contributed by atoms with Gasteiger partial charge in [-0.1, -0.05) is 6.92 Å². The van der Waals surface area contributed by atoms with Crippen molar-refractivity contribution in [2.45, 2.75) is 19.9 Å². The Labute approximate surface area is 110 Å². The molecule has 0 unspecified atom stereocenters. The number of anilines is 4. The van der Waals surface area contributed by atoms with Crippen LogP contribution in [0.25, 0.3) is 0 Å². The molecule has 0 aliphatic rings. The van der Waals surface area contributed by atoms with Gasteiger partial charge in [0.05, 0.1) is 17.4 Å². The van der Waals surface area contributed by atoms with Crippen molar-refractivity contribution in [3.05, 3.63) is 18.0 Å². The van der Waals surface area contributed by atoms with Crippen LogP contribution >= 0.6 is 0 Å². The van der Waals surface area contributed by atoms with E-state index in [0.717, 1.165) is 24.9 Å². The van der Waals surface area contributed by atoms with Crippen LogP contribution in [-0.2, 0) is 6.54 Å². The van der Waals surface area contributed by atoms with Gasteiger partial charge in [-0.25, -0.2) is 0 Å². The zero-order valence-corrected chi connectivity index (χ0v) is 10.6. The number of nitrogens with zero attached hydrogens (tertiary/aromatic N) is 4. The van der Waals surface area contributed by atoms with Gasteiger partial charge in [-0.15, -0.1) is 0 Å². The molecule has 19 heavy (non-hydrogen) atoms. The molecule has 0 aromatic carbocycles. The summed E-state index contributed by atoms with van der Waals surface area (Å²) in [6.07, 6.45) is 5.57. The van der Waals surface area contributed by atoms with E-state index in [1.54, 1.807) is 6.20 Å². The molecule has 2 rings (SSSR count). The third-order valence-electron chi connectivity index (χ3n) is 2.49. The van der Waals surface area contributed by atoms with E-state index >= 15 is 0 Å². The molecule has 8 nitrogen and oxygen atoms in total. The molecule has 2 heterocycles. The molecule has 2 aromatic rings. The fraction of sp³-hybridized carbons (Fsp3) is 0.273. The van der Waals surface area contributed by atoms with Crippen molar-refractivity contribution < 1.29 is 0 Å². The van der Waals surface area contributed by atoms with E-state index in [-0.39, 0.29) is 17.6 Å². The van der Waals surface area contributed by atoms with Crippen molar-refractivity contribution in [3.8, 4) is 0 Å². The minimum absolute atomic E-state index is 0.172. The van der Waals surface area contributed by atoms with Crippen molar-refractivity contribution in [1.29, 1.82) is 5.41 Å². The highest BCUT2D eigenvalue weighted by Gasteiger charge is 2.08. The smallest absolute Gasteiger partial charge is 0.231 e. The maximum absolute atomic E-state index is 7.17. The second-order valence-corrected chi connectivity index (χ2v) is 3.99. The van der Waals surface area contributed by atoms with Crippen LogP contribution in [0.3, 0.4) is 0 Å². The number of rotatable bonds is 5. The van der Waals surface area contributed by atoms with E-state index in [1.807, 2.05) is 10.9 Å². The Bertz CT molecular complexity index is 565. The third kappa shape index (κ3) is 2.79. The van der Waals surface area contributed by atoms with E-state index in [1.165, 1.54) is 0 Å². The SMILES string of the molecule is CCCn1cc(Nc2nc(N)c(C=N)c(N)n2)cn1. The van der Waals surface area contributed by atoms with Gasteiger partial charge in [-0.05, 0) is 6.42 Å². The molecule has 0 amide bonds. The van der Waals surface area contributed by atoms with Gasteiger partial charge >= 0.3 is 0 Å². The van der Waals surface area contributed by atoms with Crippen LogP contribution in [0, 0.1) is 5.41 Å². The highest BCUT2D eigenvalue weighted by molar-refractivity contribution is 5.89. The summed E-state index contributed by atoms with van der Waals surface area (Å²) in [4.78, 5) is 8.09. The number of nitrogens with one attached hydrogen (secondary N) is 2. The molecule has 0 radical (unpaired) electrons. The van der Waals surface area contributed by atoms with Crippen molar-refractivity contribution in [2.75, 3.05) is 16.8 Å². The average molecular weight is 260 g/mol. The van der Waals surface area contributed by atoms with E-state index in [0.29, 0.717) is 5.56 Å². The highest BCUT2D eigenvalue weighted by Crippen LogP contribution is 2.18. The number of nitrogen functional groups attached to an aromatic ring is 2. The maximum atomic E-state index is 7.17. The van der Waals surface area contributed by atoms with Crippen molar-refractivity contribution in [2.24, 2.45) is 0 Å². The minimum atomic E-state index is 0.172. The van der Waals surface area contributed by atoms with Gasteiger partial charge in [0.15, 0.2) is 0 Å².